The summed E-state index contributed by atoms with van der Waals surface area (Å²) in [4.78, 5) is 2.08. The maximum atomic E-state index is 5.79. The molecule has 0 aliphatic rings. The van der Waals surface area contributed by atoms with Gasteiger partial charge in [-0.3, -0.25) is 0 Å². The number of benzene rings is 1. The van der Waals surface area contributed by atoms with Gasteiger partial charge in [-0.05, 0) is 51.2 Å². The van der Waals surface area contributed by atoms with E-state index in [2.05, 4.69) is 75.3 Å². The lowest BCUT2D eigenvalue weighted by molar-refractivity contribution is 0.297. The molecule has 3 N–H and O–H groups in total. The van der Waals surface area contributed by atoms with Crippen LogP contribution < -0.4 is 11.1 Å². The van der Waals surface area contributed by atoms with E-state index in [0.29, 0.717) is 6.67 Å². The smallest absolute Gasteiger partial charge is 0.0707 e. The fraction of sp³-hybridized carbons (Fsp3) is 0.524. The fourth-order valence-corrected chi connectivity index (χ4v) is 2.86. The lowest BCUT2D eigenvalue weighted by atomic mass is 9.98. The van der Waals surface area contributed by atoms with Gasteiger partial charge in [-0.25, -0.2) is 0 Å². The lowest BCUT2D eigenvalue weighted by Gasteiger charge is -2.37. The van der Waals surface area contributed by atoms with Crippen molar-refractivity contribution in [1.29, 1.82) is 0 Å². The summed E-state index contributed by atoms with van der Waals surface area (Å²) in [5.74, 6) is 0. The Morgan fingerprint density at radius 1 is 1.08 bits per heavy atom. The molecule has 1 rings (SSSR count). The number of nitrogens with zero attached hydrogens (tertiary/aromatic N) is 1. The summed E-state index contributed by atoms with van der Waals surface area (Å²) >= 11 is 0. The van der Waals surface area contributed by atoms with Crippen molar-refractivity contribution in [1.82, 2.24) is 10.2 Å². The summed E-state index contributed by atoms with van der Waals surface area (Å²) in [7, 11) is 0. The zero-order valence-corrected chi connectivity index (χ0v) is 16.0. The van der Waals surface area contributed by atoms with Crippen LogP contribution >= 0.6 is 0 Å². The number of allylic oxidation sites excluding steroid dienone is 1. The van der Waals surface area contributed by atoms with Gasteiger partial charge in [0.05, 0.1) is 12.2 Å². The van der Waals surface area contributed by atoms with Crippen LogP contribution in [0.2, 0.25) is 0 Å². The summed E-state index contributed by atoms with van der Waals surface area (Å²) in [6.07, 6.45) is 4.25. The van der Waals surface area contributed by atoms with E-state index in [1.54, 1.807) is 0 Å². The molecule has 0 aliphatic carbocycles. The molecule has 0 amide bonds. The van der Waals surface area contributed by atoms with E-state index in [1.807, 2.05) is 0 Å². The Morgan fingerprint density at radius 3 is 2.08 bits per heavy atom. The Bertz CT molecular complexity index is 525. The van der Waals surface area contributed by atoms with Gasteiger partial charge in [-0.1, -0.05) is 50.8 Å². The normalized spacial score (nSPS) is 11.2. The molecule has 1 aromatic carbocycles. The minimum Gasteiger partial charge on any atom is -0.378 e. The third-order valence-electron chi connectivity index (χ3n) is 4.47. The van der Waals surface area contributed by atoms with Crippen LogP contribution in [0, 0.1) is 0 Å². The van der Waals surface area contributed by atoms with E-state index in [4.69, 9.17) is 5.73 Å². The molecule has 3 nitrogen and oxygen atoms in total. The molecule has 0 radical (unpaired) electrons. The largest absolute Gasteiger partial charge is 0.378 e. The van der Waals surface area contributed by atoms with Gasteiger partial charge in [0.15, 0.2) is 0 Å². The Kier molecular flexibility index (Phi) is 8.06. The Hall–Kier alpha value is -1.74. The predicted molar refractivity (Wildman–Crippen MR) is 106 cm³/mol. The number of nitrogens with one attached hydrogen (secondary N) is 1. The van der Waals surface area contributed by atoms with Crippen LogP contribution in [-0.2, 0) is 12.8 Å². The zero-order valence-electron chi connectivity index (χ0n) is 16.0. The highest BCUT2D eigenvalue weighted by Crippen LogP contribution is 2.20. The first kappa shape index (κ1) is 20.3. The van der Waals surface area contributed by atoms with Crippen molar-refractivity contribution in [3.8, 4) is 0 Å². The van der Waals surface area contributed by atoms with Crippen molar-refractivity contribution in [2.45, 2.75) is 58.9 Å². The van der Waals surface area contributed by atoms with E-state index in [-0.39, 0.29) is 5.54 Å². The van der Waals surface area contributed by atoms with Crippen LogP contribution in [0.3, 0.4) is 0 Å². The molecular weight excluding hydrogens is 294 g/mol. The van der Waals surface area contributed by atoms with E-state index in [0.717, 1.165) is 37.2 Å². The Morgan fingerprint density at radius 2 is 1.62 bits per heavy atom. The van der Waals surface area contributed by atoms with E-state index in [9.17, 15) is 0 Å². The average molecular weight is 330 g/mol. The van der Waals surface area contributed by atoms with Crippen LogP contribution in [0.5, 0.6) is 0 Å². The first-order chi connectivity index (χ1) is 11.3. The highest BCUT2D eigenvalue weighted by Gasteiger charge is 2.25. The summed E-state index contributed by atoms with van der Waals surface area (Å²) < 4.78 is 0. The van der Waals surface area contributed by atoms with Crippen molar-refractivity contribution in [3.63, 3.8) is 0 Å². The fourth-order valence-electron chi connectivity index (χ4n) is 2.86. The SMILES string of the molecule is C=C(CCc1ccc(CCC)cc1)NC(C)(C)C(=C)N(CC)CN. The van der Waals surface area contributed by atoms with Crippen molar-refractivity contribution < 1.29 is 0 Å². The number of aryl methyl sites for hydroxylation is 2. The predicted octanol–water partition coefficient (Wildman–Crippen LogP) is 4.21. The molecule has 0 heterocycles. The van der Waals surface area contributed by atoms with E-state index in [1.165, 1.54) is 17.5 Å². The molecular formula is C21H35N3. The van der Waals surface area contributed by atoms with Crippen LogP contribution in [-0.4, -0.2) is 23.7 Å². The molecule has 0 aliphatic heterocycles. The topological polar surface area (TPSA) is 41.3 Å². The highest BCUT2D eigenvalue weighted by atomic mass is 15.2. The van der Waals surface area contributed by atoms with Crippen LogP contribution in [0.4, 0.5) is 0 Å². The Labute approximate surface area is 148 Å². The molecule has 0 spiro atoms. The quantitative estimate of drug-likeness (QED) is 0.598. The van der Waals surface area contributed by atoms with Gasteiger partial charge >= 0.3 is 0 Å². The lowest BCUT2D eigenvalue weighted by Crippen LogP contribution is -2.47. The number of rotatable bonds is 11. The monoisotopic (exact) mass is 329 g/mol. The second kappa shape index (κ2) is 9.53. The number of nitrogens with two attached hydrogens (primary N) is 1. The zero-order chi connectivity index (χ0) is 18.2. The minimum absolute atomic E-state index is 0.253. The average Bonchev–Trinajstić information content (AvgIpc) is 2.55. The summed E-state index contributed by atoms with van der Waals surface area (Å²) in [5, 5.41) is 3.52. The molecule has 134 valence electrons. The second-order valence-corrected chi connectivity index (χ2v) is 6.91. The Balaban J connectivity index is 2.54. The molecule has 0 unspecified atom stereocenters. The second-order valence-electron chi connectivity index (χ2n) is 6.91. The van der Waals surface area contributed by atoms with Gasteiger partial charge in [0.2, 0.25) is 0 Å². The first-order valence-electron chi connectivity index (χ1n) is 9.02. The highest BCUT2D eigenvalue weighted by molar-refractivity contribution is 5.24. The molecule has 0 bridgehead atoms. The van der Waals surface area contributed by atoms with Gasteiger partial charge in [-0.15, -0.1) is 0 Å². The summed E-state index contributed by atoms with van der Waals surface area (Å²) in [6, 6.07) is 8.94. The maximum absolute atomic E-state index is 5.79. The third-order valence-corrected chi connectivity index (χ3v) is 4.47. The molecule has 0 saturated heterocycles. The van der Waals surface area contributed by atoms with Gasteiger partial charge in [0.1, 0.15) is 0 Å². The first-order valence-corrected chi connectivity index (χ1v) is 9.02. The minimum atomic E-state index is -0.253. The van der Waals surface area contributed by atoms with Crippen molar-refractivity contribution in [3.05, 3.63) is 59.9 Å². The molecule has 0 saturated carbocycles. The van der Waals surface area contributed by atoms with Crippen molar-refractivity contribution >= 4 is 0 Å². The van der Waals surface area contributed by atoms with Crippen LogP contribution in [0.25, 0.3) is 0 Å². The van der Waals surface area contributed by atoms with Gasteiger partial charge < -0.3 is 16.0 Å². The van der Waals surface area contributed by atoms with E-state index >= 15 is 0 Å². The molecule has 0 aromatic heterocycles. The maximum Gasteiger partial charge on any atom is 0.0707 e. The molecule has 0 atom stereocenters. The molecule has 3 heteroatoms. The van der Waals surface area contributed by atoms with Gasteiger partial charge in [0.25, 0.3) is 0 Å². The third kappa shape index (κ3) is 6.04. The number of likely N-dealkylation sites (N-methyl/N-ethyl adjacent to an activating group) is 1. The van der Waals surface area contributed by atoms with Crippen LogP contribution in [0.1, 0.15) is 51.7 Å². The van der Waals surface area contributed by atoms with Crippen LogP contribution in [0.15, 0.2) is 48.8 Å². The van der Waals surface area contributed by atoms with Crippen molar-refractivity contribution in [2.24, 2.45) is 5.73 Å². The van der Waals surface area contributed by atoms with Crippen molar-refractivity contribution in [2.75, 3.05) is 13.2 Å². The molecule has 24 heavy (non-hydrogen) atoms. The summed E-state index contributed by atoms with van der Waals surface area (Å²) in [6.45, 7) is 18.3. The molecule has 0 fully saturated rings. The molecule has 1 aromatic rings. The number of hydrogen-bond acceptors (Lipinski definition) is 3. The summed E-state index contributed by atoms with van der Waals surface area (Å²) in [5.41, 5.74) is 10.3. The van der Waals surface area contributed by atoms with Gasteiger partial charge in [-0.2, -0.15) is 0 Å². The van der Waals surface area contributed by atoms with E-state index < -0.39 is 0 Å². The number of hydrogen-bond donors (Lipinski definition) is 2. The standard InChI is InChI=1S/C21H35N3/c1-7-9-19-12-14-20(15-13-19)11-10-17(3)23-21(5,6)18(4)24(8-2)16-22/h12-15,23H,3-4,7-11,16,22H2,1-2,5-6H3. The van der Waals surface area contributed by atoms with Gasteiger partial charge in [0, 0.05) is 17.9 Å².